The predicted molar refractivity (Wildman–Crippen MR) is 212 cm³/mol. The summed E-state index contributed by atoms with van der Waals surface area (Å²) in [6.07, 6.45) is 52.7. The summed E-state index contributed by atoms with van der Waals surface area (Å²) in [6, 6.07) is 0.475. The molecule has 0 aliphatic carbocycles. The number of hydrogen-bond donors (Lipinski definition) is 1. The smallest absolute Gasteiger partial charge is 0.0408 e. The molecule has 1 unspecified atom stereocenters. The van der Waals surface area contributed by atoms with Crippen molar-refractivity contribution < 1.29 is 0 Å². The van der Waals surface area contributed by atoms with Gasteiger partial charge in [-0.1, -0.05) is 245 Å². The van der Waals surface area contributed by atoms with Crippen molar-refractivity contribution in [3.8, 4) is 0 Å². The summed E-state index contributed by atoms with van der Waals surface area (Å²) in [5.74, 6) is 0.958. The van der Waals surface area contributed by atoms with E-state index in [-0.39, 0.29) is 0 Å². The molecule has 46 heavy (non-hydrogen) atoms. The molecule has 0 aromatic rings. The van der Waals surface area contributed by atoms with Crippen LogP contribution in [0, 0.1) is 5.92 Å². The van der Waals surface area contributed by atoms with Gasteiger partial charge in [0, 0.05) is 13.1 Å². The molecule has 0 spiro atoms. The Morgan fingerprint density at radius 3 is 0.848 bits per heavy atom. The summed E-state index contributed by atoms with van der Waals surface area (Å²) < 4.78 is 1.89. The third-order valence-electron chi connectivity index (χ3n) is 10.8. The summed E-state index contributed by atoms with van der Waals surface area (Å²) in [5.41, 5.74) is 3.22. The maximum atomic E-state index is 6.62. The first-order valence-corrected chi connectivity index (χ1v) is 22.2. The Labute approximate surface area is 298 Å². The average Bonchev–Trinajstić information content (AvgIpc) is 3.07. The van der Waals surface area contributed by atoms with E-state index in [2.05, 4.69) is 26.2 Å². The molecule has 0 amide bonds. The SMILES string of the molecule is CCCCCCCCCCCCC(CCCCCCCCCCCC)CCCCC(CCCCCCCCCCCC)N(Cl)NC. The van der Waals surface area contributed by atoms with Gasteiger partial charge in [-0.2, -0.15) is 4.53 Å². The van der Waals surface area contributed by atoms with Crippen LogP contribution in [0.1, 0.15) is 258 Å². The standard InChI is InChI=1S/C43H89ClN2/c1-5-8-11-14-17-20-23-26-29-32-37-42(38-33-30-27-24-21-18-15-12-9-6-2)39-35-36-41-43(46(44)45-4)40-34-31-28-25-22-19-16-13-10-7-3/h42-43,45H,5-41H2,1-4H3. The molecule has 1 atom stereocenters. The van der Waals surface area contributed by atoms with Crippen LogP contribution in [-0.2, 0) is 0 Å². The maximum absolute atomic E-state index is 6.62. The highest BCUT2D eigenvalue weighted by atomic mass is 35.5. The lowest BCUT2D eigenvalue weighted by Gasteiger charge is -2.25. The average molecular weight is 670 g/mol. The van der Waals surface area contributed by atoms with E-state index in [9.17, 15) is 0 Å². The zero-order valence-corrected chi connectivity index (χ0v) is 33.4. The second-order valence-electron chi connectivity index (χ2n) is 15.3. The van der Waals surface area contributed by atoms with Crippen LogP contribution < -0.4 is 5.43 Å². The van der Waals surface area contributed by atoms with Crippen LogP contribution in [0.3, 0.4) is 0 Å². The van der Waals surface area contributed by atoms with Crippen LogP contribution >= 0.6 is 11.8 Å². The maximum Gasteiger partial charge on any atom is 0.0408 e. The van der Waals surface area contributed by atoms with Crippen molar-refractivity contribution in [1.82, 2.24) is 9.95 Å². The van der Waals surface area contributed by atoms with Gasteiger partial charge in [0.25, 0.3) is 0 Å². The number of hydrazine groups is 1. The number of unbranched alkanes of at least 4 members (excludes halogenated alkanes) is 28. The number of rotatable bonds is 40. The topological polar surface area (TPSA) is 15.3 Å². The van der Waals surface area contributed by atoms with Crippen LogP contribution in [0.15, 0.2) is 0 Å². The van der Waals surface area contributed by atoms with Gasteiger partial charge in [0.1, 0.15) is 0 Å². The molecule has 2 nitrogen and oxygen atoms in total. The van der Waals surface area contributed by atoms with Crippen molar-refractivity contribution in [2.75, 3.05) is 7.05 Å². The van der Waals surface area contributed by atoms with Gasteiger partial charge < -0.3 is 0 Å². The summed E-state index contributed by atoms with van der Waals surface area (Å²) in [4.78, 5) is 0. The summed E-state index contributed by atoms with van der Waals surface area (Å²) >= 11 is 6.62. The van der Waals surface area contributed by atoms with E-state index in [1.165, 1.54) is 238 Å². The number of nitrogens with one attached hydrogen (secondary N) is 1. The molecule has 0 aliphatic heterocycles. The van der Waals surface area contributed by atoms with E-state index < -0.39 is 0 Å². The highest BCUT2D eigenvalue weighted by Crippen LogP contribution is 2.26. The second-order valence-corrected chi connectivity index (χ2v) is 15.6. The zero-order valence-electron chi connectivity index (χ0n) is 32.6. The summed E-state index contributed by atoms with van der Waals surface area (Å²) in [6.45, 7) is 6.94. The molecule has 0 aromatic heterocycles. The molecular weight excluding hydrogens is 580 g/mol. The molecule has 0 radical (unpaired) electrons. The zero-order chi connectivity index (χ0) is 33.6. The largest absolute Gasteiger partial charge is 0.244 e. The van der Waals surface area contributed by atoms with Crippen molar-refractivity contribution >= 4 is 11.8 Å². The first-order chi connectivity index (χ1) is 22.7. The summed E-state index contributed by atoms with van der Waals surface area (Å²) in [5, 5.41) is 0. The molecule has 0 rings (SSSR count). The van der Waals surface area contributed by atoms with Gasteiger partial charge in [-0.05, 0) is 30.5 Å². The Morgan fingerprint density at radius 1 is 0.348 bits per heavy atom. The Balaban J connectivity index is 4.30. The van der Waals surface area contributed by atoms with Gasteiger partial charge >= 0.3 is 0 Å². The lowest BCUT2D eigenvalue weighted by molar-refractivity contribution is 0.236. The lowest BCUT2D eigenvalue weighted by Crippen LogP contribution is -2.36. The minimum atomic E-state index is 0.475. The molecule has 278 valence electrons. The molecule has 0 aromatic carbocycles. The molecule has 0 bridgehead atoms. The van der Waals surface area contributed by atoms with Gasteiger partial charge in [-0.15, -0.1) is 0 Å². The van der Waals surface area contributed by atoms with Gasteiger partial charge in [-0.3, -0.25) is 0 Å². The van der Waals surface area contributed by atoms with E-state index in [4.69, 9.17) is 11.8 Å². The van der Waals surface area contributed by atoms with Gasteiger partial charge in [0.15, 0.2) is 0 Å². The van der Waals surface area contributed by atoms with Gasteiger partial charge in [-0.25, -0.2) is 5.43 Å². The van der Waals surface area contributed by atoms with Crippen LogP contribution in [0.2, 0.25) is 0 Å². The highest BCUT2D eigenvalue weighted by molar-refractivity contribution is 6.13. The van der Waals surface area contributed by atoms with E-state index in [0.717, 1.165) is 5.92 Å². The van der Waals surface area contributed by atoms with Gasteiger partial charge in [0.05, 0.1) is 0 Å². The molecule has 3 heteroatoms. The first kappa shape index (κ1) is 46.2. The highest BCUT2D eigenvalue weighted by Gasteiger charge is 2.16. The molecule has 1 N–H and O–H groups in total. The molecule has 0 fully saturated rings. The fourth-order valence-corrected chi connectivity index (χ4v) is 7.70. The van der Waals surface area contributed by atoms with Crippen molar-refractivity contribution in [1.29, 1.82) is 0 Å². The van der Waals surface area contributed by atoms with Crippen LogP contribution in [0.4, 0.5) is 0 Å². The third-order valence-corrected chi connectivity index (χ3v) is 11.2. The van der Waals surface area contributed by atoms with Crippen molar-refractivity contribution in [3.63, 3.8) is 0 Å². The molecule has 0 aliphatic rings. The minimum Gasteiger partial charge on any atom is -0.244 e. The Morgan fingerprint density at radius 2 is 0.565 bits per heavy atom. The molecule has 0 saturated carbocycles. The van der Waals surface area contributed by atoms with Crippen molar-refractivity contribution in [3.05, 3.63) is 0 Å². The molecule has 0 saturated heterocycles. The third kappa shape index (κ3) is 34.1. The lowest BCUT2D eigenvalue weighted by atomic mass is 9.89. The normalized spacial score (nSPS) is 12.6. The predicted octanol–water partition coefficient (Wildman–Crippen LogP) is 16.1. The monoisotopic (exact) mass is 669 g/mol. The van der Waals surface area contributed by atoms with Crippen molar-refractivity contribution in [2.24, 2.45) is 5.92 Å². The van der Waals surface area contributed by atoms with E-state index in [1.54, 1.807) is 0 Å². The van der Waals surface area contributed by atoms with Crippen molar-refractivity contribution in [2.45, 2.75) is 264 Å². The minimum absolute atomic E-state index is 0.475. The van der Waals surface area contributed by atoms with Crippen LogP contribution in [-0.4, -0.2) is 17.6 Å². The Hall–Kier alpha value is 0.210. The van der Waals surface area contributed by atoms with E-state index in [0.29, 0.717) is 6.04 Å². The quantitative estimate of drug-likeness (QED) is 0.0397. The summed E-state index contributed by atoms with van der Waals surface area (Å²) in [7, 11) is 1.98. The van der Waals surface area contributed by atoms with Crippen LogP contribution in [0.5, 0.6) is 0 Å². The number of nitrogens with zero attached hydrogens (tertiary/aromatic N) is 1. The van der Waals surface area contributed by atoms with E-state index in [1.807, 2.05) is 11.6 Å². The fourth-order valence-electron chi connectivity index (χ4n) is 7.51. The van der Waals surface area contributed by atoms with E-state index >= 15 is 0 Å². The second kappa shape index (κ2) is 39.6. The number of hydrogen-bond acceptors (Lipinski definition) is 2. The molecule has 0 heterocycles. The number of halogens is 1. The van der Waals surface area contributed by atoms with Crippen LogP contribution in [0.25, 0.3) is 0 Å². The Kier molecular flexibility index (Phi) is 39.8. The Bertz CT molecular complexity index is 517. The van der Waals surface area contributed by atoms with Gasteiger partial charge in [0.2, 0.25) is 0 Å². The molecular formula is C43H89ClN2. The fraction of sp³-hybridized carbons (Fsp3) is 1.00. The first-order valence-electron chi connectivity index (χ1n) is 21.8.